The van der Waals surface area contributed by atoms with Crippen molar-refractivity contribution in [2.45, 2.75) is 19.4 Å². The van der Waals surface area contributed by atoms with Crippen LogP contribution in [0.15, 0.2) is 29.6 Å². The van der Waals surface area contributed by atoms with Gasteiger partial charge in [0.15, 0.2) is 0 Å². The van der Waals surface area contributed by atoms with E-state index in [9.17, 15) is 5.11 Å². The Morgan fingerprint density at radius 1 is 1.47 bits per heavy atom. The van der Waals surface area contributed by atoms with Crippen LogP contribution in [-0.2, 0) is 6.42 Å². The van der Waals surface area contributed by atoms with Crippen LogP contribution in [0.1, 0.15) is 12.6 Å². The van der Waals surface area contributed by atoms with Crippen molar-refractivity contribution in [1.82, 2.24) is 10.3 Å². The van der Waals surface area contributed by atoms with Crippen LogP contribution in [0.25, 0.3) is 10.6 Å². The zero-order valence-corrected chi connectivity index (χ0v) is 10.8. The number of phenolic OH excluding ortho intramolecular Hbond substituents is 1. The number of rotatable bonds is 4. The maximum absolute atomic E-state index is 9.43. The van der Waals surface area contributed by atoms with Crippen molar-refractivity contribution in [2.24, 2.45) is 0 Å². The molecule has 0 bridgehead atoms. The average molecular weight is 248 g/mol. The molecule has 4 heteroatoms. The van der Waals surface area contributed by atoms with E-state index in [0.717, 1.165) is 22.7 Å². The molecule has 0 aliphatic heterocycles. The molecular formula is C13H16N2OS. The largest absolute Gasteiger partial charge is 0.508 e. The summed E-state index contributed by atoms with van der Waals surface area (Å²) in [6.45, 7) is 2.13. The summed E-state index contributed by atoms with van der Waals surface area (Å²) in [5, 5.41) is 15.7. The van der Waals surface area contributed by atoms with E-state index in [-0.39, 0.29) is 5.75 Å². The molecule has 2 rings (SSSR count). The Bertz CT molecular complexity index is 496. The standard InChI is InChI=1S/C13H16N2OS/c1-9(14-2)6-11-8-17-13(15-11)10-4-3-5-12(16)7-10/h3-5,7-9,14,16H,6H2,1-2H3. The zero-order chi connectivity index (χ0) is 12.3. The molecule has 1 aromatic heterocycles. The Morgan fingerprint density at radius 2 is 2.29 bits per heavy atom. The van der Waals surface area contributed by atoms with Crippen molar-refractivity contribution >= 4 is 11.3 Å². The Labute approximate surface area is 105 Å². The lowest BCUT2D eigenvalue weighted by Gasteiger charge is -2.06. The first-order chi connectivity index (χ1) is 8.19. The smallest absolute Gasteiger partial charge is 0.123 e. The van der Waals surface area contributed by atoms with Crippen LogP contribution in [0.2, 0.25) is 0 Å². The molecule has 0 saturated carbocycles. The monoisotopic (exact) mass is 248 g/mol. The van der Waals surface area contributed by atoms with E-state index in [1.165, 1.54) is 0 Å². The fourth-order valence-electron chi connectivity index (χ4n) is 1.59. The zero-order valence-electron chi connectivity index (χ0n) is 9.97. The lowest BCUT2D eigenvalue weighted by Crippen LogP contribution is -2.23. The molecule has 17 heavy (non-hydrogen) atoms. The van der Waals surface area contributed by atoms with E-state index >= 15 is 0 Å². The third-order valence-corrected chi connectivity index (χ3v) is 3.59. The van der Waals surface area contributed by atoms with Gasteiger partial charge in [0, 0.05) is 23.4 Å². The van der Waals surface area contributed by atoms with Gasteiger partial charge in [-0.05, 0) is 26.1 Å². The number of nitrogens with one attached hydrogen (secondary N) is 1. The minimum absolute atomic E-state index is 0.280. The summed E-state index contributed by atoms with van der Waals surface area (Å²) in [7, 11) is 1.95. The Balaban J connectivity index is 2.18. The highest BCUT2D eigenvalue weighted by molar-refractivity contribution is 7.13. The predicted octanol–water partition coefficient (Wildman–Crippen LogP) is 2.67. The van der Waals surface area contributed by atoms with Crippen molar-refractivity contribution < 1.29 is 5.11 Å². The van der Waals surface area contributed by atoms with Gasteiger partial charge in [-0.15, -0.1) is 11.3 Å². The maximum atomic E-state index is 9.43. The summed E-state index contributed by atoms with van der Waals surface area (Å²) in [6, 6.07) is 7.63. The summed E-state index contributed by atoms with van der Waals surface area (Å²) in [4.78, 5) is 4.58. The third kappa shape index (κ3) is 3.05. The van der Waals surface area contributed by atoms with Crippen LogP contribution in [0.5, 0.6) is 5.75 Å². The second kappa shape index (κ2) is 5.29. The van der Waals surface area contributed by atoms with E-state index in [4.69, 9.17) is 0 Å². The highest BCUT2D eigenvalue weighted by Crippen LogP contribution is 2.26. The number of aromatic hydroxyl groups is 1. The Morgan fingerprint density at radius 3 is 3.00 bits per heavy atom. The predicted molar refractivity (Wildman–Crippen MR) is 71.4 cm³/mol. The van der Waals surface area contributed by atoms with Gasteiger partial charge in [-0.2, -0.15) is 0 Å². The molecular weight excluding hydrogens is 232 g/mol. The first-order valence-corrected chi connectivity index (χ1v) is 6.48. The maximum Gasteiger partial charge on any atom is 0.123 e. The molecule has 3 nitrogen and oxygen atoms in total. The molecule has 1 aromatic carbocycles. The fourth-order valence-corrected chi connectivity index (χ4v) is 2.42. The lowest BCUT2D eigenvalue weighted by atomic mass is 10.2. The van der Waals surface area contributed by atoms with Gasteiger partial charge in [0.1, 0.15) is 10.8 Å². The molecule has 1 atom stereocenters. The van der Waals surface area contributed by atoms with Gasteiger partial charge in [-0.25, -0.2) is 4.98 Å². The second-order valence-corrected chi connectivity index (χ2v) is 4.95. The fraction of sp³-hybridized carbons (Fsp3) is 0.308. The summed E-state index contributed by atoms with van der Waals surface area (Å²) < 4.78 is 0. The highest BCUT2D eigenvalue weighted by Gasteiger charge is 2.07. The molecule has 1 unspecified atom stereocenters. The van der Waals surface area contributed by atoms with E-state index in [1.54, 1.807) is 23.5 Å². The topological polar surface area (TPSA) is 45.1 Å². The van der Waals surface area contributed by atoms with Crippen LogP contribution in [0, 0.1) is 0 Å². The molecule has 0 fully saturated rings. The lowest BCUT2D eigenvalue weighted by molar-refractivity contribution is 0.475. The first kappa shape index (κ1) is 12.1. The number of hydrogen-bond acceptors (Lipinski definition) is 4. The SMILES string of the molecule is CNC(C)Cc1csc(-c2cccc(O)c2)n1. The Hall–Kier alpha value is -1.39. The number of aromatic nitrogens is 1. The van der Waals surface area contributed by atoms with Gasteiger partial charge in [-0.1, -0.05) is 12.1 Å². The molecule has 0 saturated heterocycles. The van der Waals surface area contributed by atoms with Crippen LogP contribution in [-0.4, -0.2) is 23.2 Å². The van der Waals surface area contributed by atoms with E-state index in [0.29, 0.717) is 6.04 Å². The van der Waals surface area contributed by atoms with Crippen molar-refractivity contribution in [3.63, 3.8) is 0 Å². The van der Waals surface area contributed by atoms with Crippen molar-refractivity contribution in [2.75, 3.05) is 7.05 Å². The van der Waals surface area contributed by atoms with Crippen LogP contribution in [0.3, 0.4) is 0 Å². The highest BCUT2D eigenvalue weighted by atomic mass is 32.1. The summed E-state index contributed by atoms with van der Waals surface area (Å²) in [6.07, 6.45) is 0.922. The Kier molecular flexibility index (Phi) is 3.76. The molecule has 0 aliphatic carbocycles. The second-order valence-electron chi connectivity index (χ2n) is 4.09. The molecule has 0 aliphatic rings. The summed E-state index contributed by atoms with van der Waals surface area (Å²) in [5.74, 6) is 0.280. The summed E-state index contributed by atoms with van der Waals surface area (Å²) in [5.41, 5.74) is 2.06. The van der Waals surface area contributed by atoms with E-state index in [2.05, 4.69) is 22.6 Å². The molecule has 0 amide bonds. The van der Waals surface area contributed by atoms with Crippen molar-refractivity contribution in [3.8, 4) is 16.3 Å². The molecule has 2 aromatic rings. The number of hydrogen-bond donors (Lipinski definition) is 2. The van der Waals surface area contributed by atoms with Crippen LogP contribution in [0.4, 0.5) is 0 Å². The molecule has 0 radical (unpaired) electrons. The average Bonchev–Trinajstić information content (AvgIpc) is 2.77. The summed E-state index contributed by atoms with van der Waals surface area (Å²) >= 11 is 1.61. The van der Waals surface area contributed by atoms with Crippen LogP contribution >= 0.6 is 11.3 Å². The van der Waals surface area contributed by atoms with Crippen molar-refractivity contribution in [3.05, 3.63) is 35.3 Å². The molecule has 0 spiro atoms. The van der Waals surface area contributed by atoms with Gasteiger partial charge >= 0.3 is 0 Å². The number of thiazole rings is 1. The quantitative estimate of drug-likeness (QED) is 0.874. The first-order valence-electron chi connectivity index (χ1n) is 5.60. The van der Waals surface area contributed by atoms with Gasteiger partial charge < -0.3 is 10.4 Å². The molecule has 1 heterocycles. The number of benzene rings is 1. The number of nitrogens with zero attached hydrogens (tertiary/aromatic N) is 1. The van der Waals surface area contributed by atoms with Crippen LogP contribution < -0.4 is 5.32 Å². The van der Waals surface area contributed by atoms with E-state index in [1.807, 2.05) is 19.2 Å². The minimum Gasteiger partial charge on any atom is -0.508 e. The van der Waals surface area contributed by atoms with Gasteiger partial charge in [-0.3, -0.25) is 0 Å². The molecule has 90 valence electrons. The molecule has 2 N–H and O–H groups in total. The van der Waals surface area contributed by atoms with Crippen molar-refractivity contribution in [1.29, 1.82) is 0 Å². The normalized spacial score (nSPS) is 12.6. The van der Waals surface area contributed by atoms with Gasteiger partial charge in [0.25, 0.3) is 0 Å². The van der Waals surface area contributed by atoms with Gasteiger partial charge in [0.05, 0.1) is 5.69 Å². The van der Waals surface area contributed by atoms with E-state index < -0.39 is 0 Å². The number of phenols is 1. The third-order valence-electron chi connectivity index (χ3n) is 2.65. The van der Waals surface area contributed by atoms with Gasteiger partial charge in [0.2, 0.25) is 0 Å². The minimum atomic E-state index is 0.280. The number of likely N-dealkylation sites (N-methyl/N-ethyl adjacent to an activating group) is 1.